The lowest BCUT2D eigenvalue weighted by atomic mass is 10.2. The standard InChI is InChI=1S/C8H3BrF5NO2/c9-4-2(6(10)11)1-3(8(12,13)14)15-5(4)7(16)17/h1,6H,(H,16,17). The van der Waals surface area contributed by atoms with Gasteiger partial charge in [-0.3, -0.25) is 0 Å². The Balaban J connectivity index is 3.53. The molecule has 1 aromatic heterocycles. The topological polar surface area (TPSA) is 50.2 Å². The second kappa shape index (κ2) is 4.55. The number of aromatic nitrogens is 1. The number of alkyl halides is 5. The summed E-state index contributed by atoms with van der Waals surface area (Å²) in [5.41, 5.74) is -3.84. The highest BCUT2D eigenvalue weighted by Gasteiger charge is 2.36. The summed E-state index contributed by atoms with van der Waals surface area (Å²) in [7, 11) is 0. The van der Waals surface area contributed by atoms with Crippen molar-refractivity contribution in [3.05, 3.63) is 27.5 Å². The van der Waals surface area contributed by atoms with Crippen molar-refractivity contribution in [1.82, 2.24) is 4.98 Å². The van der Waals surface area contributed by atoms with Gasteiger partial charge in [-0.1, -0.05) is 0 Å². The van der Waals surface area contributed by atoms with Gasteiger partial charge in [0.05, 0.1) is 4.47 Å². The Morgan fingerprint density at radius 2 is 1.94 bits per heavy atom. The smallest absolute Gasteiger partial charge is 0.433 e. The summed E-state index contributed by atoms with van der Waals surface area (Å²) in [4.78, 5) is 13.4. The lowest BCUT2D eigenvalue weighted by molar-refractivity contribution is -0.141. The molecular formula is C8H3BrF5NO2. The van der Waals surface area contributed by atoms with Crippen molar-refractivity contribution in [2.75, 3.05) is 0 Å². The van der Waals surface area contributed by atoms with Gasteiger partial charge in [-0.15, -0.1) is 0 Å². The zero-order chi connectivity index (χ0) is 13.4. The number of carboxylic acid groups (broad SMARTS) is 1. The number of pyridine rings is 1. The summed E-state index contributed by atoms with van der Waals surface area (Å²) >= 11 is 2.49. The molecule has 9 heteroatoms. The number of nitrogens with zero attached hydrogens (tertiary/aromatic N) is 1. The zero-order valence-electron chi connectivity index (χ0n) is 7.73. The summed E-state index contributed by atoms with van der Waals surface area (Å²) < 4.78 is 61.1. The fourth-order valence-corrected chi connectivity index (χ4v) is 1.54. The van der Waals surface area contributed by atoms with Crippen molar-refractivity contribution >= 4 is 21.9 Å². The predicted molar refractivity (Wildman–Crippen MR) is 48.9 cm³/mol. The van der Waals surface area contributed by atoms with Crippen molar-refractivity contribution in [2.24, 2.45) is 0 Å². The maximum absolute atomic E-state index is 12.4. The van der Waals surface area contributed by atoms with Gasteiger partial charge >= 0.3 is 12.1 Å². The Labute approximate surface area is 99.4 Å². The molecule has 0 atom stereocenters. The van der Waals surface area contributed by atoms with E-state index >= 15 is 0 Å². The largest absolute Gasteiger partial charge is 0.476 e. The third-order valence-corrected chi connectivity index (χ3v) is 2.55. The molecule has 17 heavy (non-hydrogen) atoms. The normalized spacial score (nSPS) is 11.9. The Hall–Kier alpha value is -1.25. The summed E-state index contributed by atoms with van der Waals surface area (Å²) in [6.45, 7) is 0. The molecule has 0 unspecified atom stereocenters. The van der Waals surface area contributed by atoms with E-state index in [0.717, 1.165) is 0 Å². The molecule has 0 amide bonds. The quantitative estimate of drug-likeness (QED) is 0.849. The Kier molecular flexibility index (Phi) is 3.70. The van der Waals surface area contributed by atoms with E-state index in [4.69, 9.17) is 5.11 Å². The number of carbonyl (C=O) groups is 1. The number of rotatable bonds is 2. The van der Waals surface area contributed by atoms with Gasteiger partial charge in [0.25, 0.3) is 6.43 Å². The van der Waals surface area contributed by atoms with Crippen molar-refractivity contribution in [3.8, 4) is 0 Å². The van der Waals surface area contributed by atoms with Crippen molar-refractivity contribution in [2.45, 2.75) is 12.6 Å². The van der Waals surface area contributed by atoms with Crippen LogP contribution in [0.15, 0.2) is 10.5 Å². The summed E-state index contributed by atoms with van der Waals surface area (Å²) in [6.07, 6.45) is -8.24. The van der Waals surface area contributed by atoms with E-state index in [1.165, 1.54) is 0 Å². The molecular weight excluding hydrogens is 317 g/mol. The lowest BCUT2D eigenvalue weighted by Crippen LogP contribution is -2.14. The first-order chi connectivity index (χ1) is 7.64. The van der Waals surface area contributed by atoms with Gasteiger partial charge in [-0.2, -0.15) is 13.2 Å². The van der Waals surface area contributed by atoms with Crippen molar-refractivity contribution in [1.29, 1.82) is 0 Å². The molecule has 94 valence electrons. The minimum Gasteiger partial charge on any atom is -0.476 e. The van der Waals surface area contributed by atoms with Gasteiger partial charge in [0.1, 0.15) is 5.69 Å². The summed E-state index contributed by atoms with van der Waals surface area (Å²) in [5.74, 6) is -1.83. The number of halogens is 6. The van der Waals surface area contributed by atoms with E-state index in [1.807, 2.05) is 0 Å². The molecule has 0 bridgehead atoms. The van der Waals surface area contributed by atoms with Crippen LogP contribution in [0.3, 0.4) is 0 Å². The second-order valence-electron chi connectivity index (χ2n) is 2.86. The zero-order valence-corrected chi connectivity index (χ0v) is 9.31. The van der Waals surface area contributed by atoms with Crippen LogP contribution >= 0.6 is 15.9 Å². The van der Waals surface area contributed by atoms with Crippen LogP contribution in [0.2, 0.25) is 0 Å². The van der Waals surface area contributed by atoms with Crippen LogP contribution < -0.4 is 0 Å². The van der Waals surface area contributed by atoms with Crippen LogP contribution in [0.4, 0.5) is 22.0 Å². The van der Waals surface area contributed by atoms with Crippen LogP contribution in [-0.4, -0.2) is 16.1 Å². The highest BCUT2D eigenvalue weighted by molar-refractivity contribution is 9.10. The van der Waals surface area contributed by atoms with Gasteiger partial charge in [0.2, 0.25) is 0 Å². The number of carboxylic acids is 1. The molecule has 3 nitrogen and oxygen atoms in total. The Morgan fingerprint density at radius 1 is 1.41 bits per heavy atom. The first kappa shape index (κ1) is 13.8. The summed E-state index contributed by atoms with van der Waals surface area (Å²) in [6, 6.07) is 0.112. The van der Waals surface area contributed by atoms with Crippen LogP contribution in [0, 0.1) is 0 Å². The van der Waals surface area contributed by atoms with E-state index < -0.39 is 40.0 Å². The first-order valence-corrected chi connectivity index (χ1v) is 4.73. The average Bonchev–Trinajstić information content (AvgIpc) is 2.14. The molecule has 1 aromatic rings. The highest BCUT2D eigenvalue weighted by atomic mass is 79.9. The van der Waals surface area contributed by atoms with Gasteiger partial charge in [-0.05, 0) is 22.0 Å². The molecule has 0 aliphatic carbocycles. The SMILES string of the molecule is O=C(O)c1nc(C(F)(F)F)cc(C(F)F)c1Br. The minimum atomic E-state index is -4.99. The first-order valence-electron chi connectivity index (χ1n) is 3.93. The maximum Gasteiger partial charge on any atom is 0.433 e. The molecule has 0 radical (unpaired) electrons. The van der Waals surface area contributed by atoms with Crippen LogP contribution in [0.5, 0.6) is 0 Å². The van der Waals surface area contributed by atoms with E-state index in [2.05, 4.69) is 20.9 Å². The molecule has 0 aliphatic rings. The number of aromatic carboxylic acids is 1. The molecule has 0 saturated heterocycles. The third-order valence-electron chi connectivity index (χ3n) is 1.71. The molecule has 0 fully saturated rings. The monoisotopic (exact) mass is 319 g/mol. The molecule has 0 saturated carbocycles. The van der Waals surface area contributed by atoms with Crippen LogP contribution in [0.25, 0.3) is 0 Å². The fraction of sp³-hybridized carbons (Fsp3) is 0.250. The minimum absolute atomic E-state index is 0.112. The van der Waals surface area contributed by atoms with E-state index in [9.17, 15) is 26.7 Å². The van der Waals surface area contributed by atoms with Crippen molar-refractivity contribution in [3.63, 3.8) is 0 Å². The van der Waals surface area contributed by atoms with Gasteiger partial charge in [-0.25, -0.2) is 18.6 Å². The Morgan fingerprint density at radius 3 is 2.29 bits per heavy atom. The number of hydrogen-bond acceptors (Lipinski definition) is 2. The molecule has 0 aliphatic heterocycles. The third kappa shape index (κ3) is 2.90. The van der Waals surface area contributed by atoms with E-state index in [-0.39, 0.29) is 6.07 Å². The van der Waals surface area contributed by atoms with Crippen LogP contribution in [-0.2, 0) is 6.18 Å². The second-order valence-corrected chi connectivity index (χ2v) is 3.66. The van der Waals surface area contributed by atoms with E-state index in [1.54, 1.807) is 0 Å². The maximum atomic E-state index is 12.4. The molecule has 1 rings (SSSR count). The Bertz CT molecular complexity index is 460. The molecule has 0 aromatic carbocycles. The highest BCUT2D eigenvalue weighted by Crippen LogP contribution is 2.35. The molecule has 1 heterocycles. The van der Waals surface area contributed by atoms with Crippen LogP contribution in [0.1, 0.15) is 28.2 Å². The van der Waals surface area contributed by atoms with Crippen molar-refractivity contribution < 1.29 is 31.9 Å². The average molecular weight is 320 g/mol. The number of hydrogen-bond donors (Lipinski definition) is 1. The lowest BCUT2D eigenvalue weighted by Gasteiger charge is -2.11. The molecule has 0 spiro atoms. The molecule has 1 N–H and O–H groups in total. The van der Waals surface area contributed by atoms with Gasteiger partial charge < -0.3 is 5.11 Å². The predicted octanol–water partition coefficient (Wildman–Crippen LogP) is 3.50. The van der Waals surface area contributed by atoms with Gasteiger partial charge in [0, 0.05) is 5.56 Å². The fourth-order valence-electron chi connectivity index (χ4n) is 0.995. The summed E-state index contributed by atoms with van der Waals surface area (Å²) in [5, 5.41) is 8.56. The van der Waals surface area contributed by atoms with Gasteiger partial charge in [0.15, 0.2) is 5.69 Å². The van der Waals surface area contributed by atoms with E-state index in [0.29, 0.717) is 0 Å².